The van der Waals surface area contributed by atoms with E-state index in [-0.39, 0.29) is 6.42 Å². The molecule has 30 heavy (non-hydrogen) atoms. The third-order valence-corrected chi connectivity index (χ3v) is 5.45. The van der Waals surface area contributed by atoms with Crippen LogP contribution in [0.25, 0.3) is 22.2 Å². The molecule has 5 atom stereocenters. The number of fused-ring (bicyclic) bond motifs is 1. The third kappa shape index (κ3) is 4.70. The summed E-state index contributed by atoms with van der Waals surface area (Å²) in [6.45, 7) is 1.36. The van der Waals surface area contributed by atoms with Crippen LogP contribution in [0.3, 0.4) is 0 Å². The summed E-state index contributed by atoms with van der Waals surface area (Å²) in [7, 11) is 1.28. The van der Waals surface area contributed by atoms with Crippen LogP contribution in [0.5, 0.6) is 0 Å². The topological polar surface area (TPSA) is 139 Å². The van der Waals surface area contributed by atoms with E-state index in [4.69, 9.17) is 9.84 Å². The van der Waals surface area contributed by atoms with Gasteiger partial charge >= 0.3 is 0 Å². The van der Waals surface area contributed by atoms with Crippen LogP contribution in [0.4, 0.5) is 0 Å². The van der Waals surface area contributed by atoms with Gasteiger partial charge in [0.25, 0.3) is 0 Å². The zero-order valence-corrected chi connectivity index (χ0v) is 16.9. The number of aromatic nitrogens is 2. The Labute approximate surface area is 174 Å². The molecule has 0 fully saturated rings. The molecule has 1 aromatic heterocycles. The minimum atomic E-state index is -1.57. The molecule has 0 radical (unpaired) electrons. The molecule has 0 aliphatic carbocycles. The number of nitrogens with one attached hydrogen (secondary N) is 1. The lowest BCUT2D eigenvalue weighted by Crippen LogP contribution is -2.47. The molecule has 6 N–H and O–H groups in total. The van der Waals surface area contributed by atoms with Crippen LogP contribution in [-0.4, -0.2) is 73.6 Å². The average Bonchev–Trinajstić information content (AvgIpc) is 3.21. The van der Waals surface area contributed by atoms with E-state index < -0.39 is 37.1 Å². The molecule has 8 heteroatoms. The minimum Gasteiger partial charge on any atom is -0.394 e. The number of aromatic amines is 1. The maximum atomic E-state index is 10.6. The van der Waals surface area contributed by atoms with Crippen molar-refractivity contribution >= 4 is 11.0 Å². The van der Waals surface area contributed by atoms with Gasteiger partial charge in [-0.2, -0.15) is 0 Å². The van der Waals surface area contributed by atoms with Crippen molar-refractivity contribution in [1.29, 1.82) is 0 Å². The highest BCUT2D eigenvalue weighted by molar-refractivity contribution is 5.81. The summed E-state index contributed by atoms with van der Waals surface area (Å²) in [5.41, 5.74) is 5.24. The molecule has 3 unspecified atom stereocenters. The van der Waals surface area contributed by atoms with Crippen molar-refractivity contribution in [2.75, 3.05) is 13.7 Å². The second-order valence-corrected chi connectivity index (χ2v) is 7.46. The van der Waals surface area contributed by atoms with Crippen molar-refractivity contribution in [2.45, 2.75) is 43.9 Å². The molecule has 0 aliphatic heterocycles. The van der Waals surface area contributed by atoms with Gasteiger partial charge in [0.2, 0.25) is 0 Å². The lowest BCUT2D eigenvalue weighted by Gasteiger charge is -2.28. The normalized spacial score (nSPS) is 16.9. The van der Waals surface area contributed by atoms with Crippen molar-refractivity contribution in [3.8, 4) is 11.1 Å². The van der Waals surface area contributed by atoms with Gasteiger partial charge in [0, 0.05) is 13.5 Å². The predicted octanol–water partition coefficient (Wildman–Crippen LogP) is 1.05. The molecule has 1 heterocycles. The third-order valence-electron chi connectivity index (χ3n) is 5.45. The van der Waals surface area contributed by atoms with Gasteiger partial charge in [0.05, 0.1) is 36.2 Å². The maximum absolute atomic E-state index is 10.6. The summed E-state index contributed by atoms with van der Waals surface area (Å²) < 4.78 is 4.88. The van der Waals surface area contributed by atoms with E-state index in [1.54, 1.807) is 12.4 Å². The van der Waals surface area contributed by atoms with E-state index in [9.17, 15) is 20.4 Å². The van der Waals surface area contributed by atoms with E-state index >= 15 is 0 Å². The highest BCUT2D eigenvalue weighted by Crippen LogP contribution is 2.29. The highest BCUT2D eigenvalue weighted by Gasteiger charge is 2.32. The molecule has 3 rings (SSSR count). The number of benzene rings is 2. The van der Waals surface area contributed by atoms with Gasteiger partial charge in [0.1, 0.15) is 18.3 Å². The van der Waals surface area contributed by atoms with Gasteiger partial charge in [-0.05, 0) is 41.3 Å². The van der Waals surface area contributed by atoms with Gasteiger partial charge in [0.15, 0.2) is 0 Å². The first-order valence-corrected chi connectivity index (χ1v) is 9.75. The van der Waals surface area contributed by atoms with Crippen molar-refractivity contribution in [2.24, 2.45) is 0 Å². The monoisotopic (exact) mass is 416 g/mol. The Hall–Kier alpha value is -2.33. The molecule has 8 nitrogen and oxygen atoms in total. The van der Waals surface area contributed by atoms with Gasteiger partial charge in [-0.25, -0.2) is 4.98 Å². The number of imidazole rings is 1. The number of aliphatic hydroxyl groups excluding tert-OH is 5. The first-order valence-electron chi connectivity index (χ1n) is 9.75. The number of methoxy groups -OCH3 is 1. The summed E-state index contributed by atoms with van der Waals surface area (Å²) in [4.78, 5) is 7.30. The molecule has 0 bridgehead atoms. The summed E-state index contributed by atoms with van der Waals surface area (Å²) >= 11 is 0. The summed E-state index contributed by atoms with van der Waals surface area (Å²) in [5.74, 6) is 0. The molecular weight excluding hydrogens is 388 g/mol. The second-order valence-electron chi connectivity index (χ2n) is 7.46. The fourth-order valence-corrected chi connectivity index (χ4v) is 3.61. The number of nitrogens with zero attached hydrogens (tertiary/aromatic N) is 1. The Morgan fingerprint density at radius 1 is 1.00 bits per heavy atom. The van der Waals surface area contributed by atoms with Crippen LogP contribution in [0, 0.1) is 6.92 Å². The Morgan fingerprint density at radius 2 is 1.70 bits per heavy atom. The van der Waals surface area contributed by atoms with Crippen LogP contribution < -0.4 is 0 Å². The van der Waals surface area contributed by atoms with Gasteiger partial charge in [-0.3, -0.25) is 0 Å². The van der Waals surface area contributed by atoms with Crippen molar-refractivity contribution in [3.63, 3.8) is 0 Å². The zero-order chi connectivity index (χ0) is 21.8. The fraction of sp³-hybridized carbons (Fsp3) is 0.409. The summed E-state index contributed by atoms with van der Waals surface area (Å²) in [5, 5.41) is 50.1. The van der Waals surface area contributed by atoms with Crippen molar-refractivity contribution < 1.29 is 30.3 Å². The summed E-state index contributed by atoms with van der Waals surface area (Å²) in [6, 6.07) is 11.5. The second kappa shape index (κ2) is 9.65. The lowest BCUT2D eigenvalue weighted by atomic mass is 9.92. The van der Waals surface area contributed by atoms with Crippen LogP contribution in [0.15, 0.2) is 42.7 Å². The standard InChI is InChI=1S/C22H28N2O6/c1-12-7-13(14-4-6-16-17(8-14)24-11-23-16)3-5-15(12)18(26)9-19(27)21(28)22(29)20(10-25)30-2/h3-8,11,18-22,25-29H,9-10H2,1-2H3,(H,23,24)/t18-,19?,20?,21?,22+/m0/s1. The van der Waals surface area contributed by atoms with E-state index in [1.807, 2.05) is 37.3 Å². The molecule has 0 saturated carbocycles. The molecular formula is C22H28N2O6. The smallest absolute Gasteiger partial charge is 0.111 e. The van der Waals surface area contributed by atoms with Crippen molar-refractivity contribution in [1.82, 2.24) is 9.97 Å². The van der Waals surface area contributed by atoms with Crippen LogP contribution in [0.1, 0.15) is 23.7 Å². The highest BCUT2D eigenvalue weighted by atomic mass is 16.5. The molecule has 162 valence electrons. The van der Waals surface area contributed by atoms with Gasteiger partial charge < -0.3 is 35.3 Å². The van der Waals surface area contributed by atoms with E-state index in [1.165, 1.54) is 7.11 Å². The molecule has 2 aromatic carbocycles. The first kappa shape index (κ1) is 22.4. The Kier molecular flexibility index (Phi) is 7.19. The van der Waals surface area contributed by atoms with E-state index in [0.29, 0.717) is 5.56 Å². The Balaban J connectivity index is 1.72. The van der Waals surface area contributed by atoms with Gasteiger partial charge in [-0.15, -0.1) is 0 Å². The SMILES string of the molecule is COC(CO)[C@@H](O)C(O)C(O)C[C@H](O)c1ccc(-c2ccc3nc[nH]c3c2)cc1C. The zero-order valence-electron chi connectivity index (χ0n) is 16.9. The molecule has 0 amide bonds. The molecule has 0 aliphatic rings. The number of H-pyrrole nitrogens is 1. The lowest BCUT2D eigenvalue weighted by molar-refractivity contribution is -0.131. The van der Waals surface area contributed by atoms with Crippen molar-refractivity contribution in [3.05, 3.63) is 53.9 Å². The molecule has 0 spiro atoms. The Morgan fingerprint density at radius 3 is 2.37 bits per heavy atom. The fourth-order valence-electron chi connectivity index (χ4n) is 3.61. The van der Waals surface area contributed by atoms with Gasteiger partial charge in [-0.1, -0.05) is 24.3 Å². The van der Waals surface area contributed by atoms with E-state index in [0.717, 1.165) is 27.7 Å². The number of rotatable bonds is 9. The summed E-state index contributed by atoms with van der Waals surface area (Å²) in [6.07, 6.45) is -5.06. The average molecular weight is 416 g/mol. The number of hydrogen-bond donors (Lipinski definition) is 6. The number of hydrogen-bond acceptors (Lipinski definition) is 7. The largest absolute Gasteiger partial charge is 0.394 e. The number of ether oxygens (including phenoxy) is 1. The van der Waals surface area contributed by atoms with Crippen LogP contribution >= 0.6 is 0 Å². The van der Waals surface area contributed by atoms with E-state index in [2.05, 4.69) is 9.97 Å². The maximum Gasteiger partial charge on any atom is 0.111 e. The molecule has 3 aromatic rings. The molecule has 0 saturated heterocycles. The predicted molar refractivity (Wildman–Crippen MR) is 112 cm³/mol. The minimum absolute atomic E-state index is 0.180. The van der Waals surface area contributed by atoms with Crippen LogP contribution in [-0.2, 0) is 4.74 Å². The first-order chi connectivity index (χ1) is 14.3. The number of aliphatic hydroxyl groups is 5. The van der Waals surface area contributed by atoms with Crippen LogP contribution in [0.2, 0.25) is 0 Å². The Bertz CT molecular complexity index is 971. The quantitative estimate of drug-likeness (QED) is 0.306. The number of aryl methyl sites for hydroxylation is 1.